The summed E-state index contributed by atoms with van der Waals surface area (Å²) >= 11 is 0. The summed E-state index contributed by atoms with van der Waals surface area (Å²) in [5.41, 5.74) is 10.4. The number of hydrogen-bond donors (Lipinski definition) is 0. The van der Waals surface area contributed by atoms with Gasteiger partial charge in [-0.25, -0.2) is 9.98 Å². The molecule has 0 bridgehead atoms. The number of benzene rings is 6. The number of nitrogens with zero attached hydrogens (tertiary/aromatic N) is 2. The summed E-state index contributed by atoms with van der Waals surface area (Å²) in [7, 11) is 0. The van der Waals surface area contributed by atoms with E-state index in [2.05, 4.69) is 97.1 Å². The van der Waals surface area contributed by atoms with Crippen molar-refractivity contribution in [1.29, 1.82) is 0 Å². The first-order chi connectivity index (χ1) is 19.8. The van der Waals surface area contributed by atoms with E-state index < -0.39 is 0 Å². The summed E-state index contributed by atoms with van der Waals surface area (Å²) in [6, 6.07) is 58.2. The van der Waals surface area contributed by atoms with Crippen molar-refractivity contribution in [3.05, 3.63) is 192 Å². The van der Waals surface area contributed by atoms with Crippen LogP contribution in [0.25, 0.3) is 11.1 Å². The van der Waals surface area contributed by atoms with Crippen molar-refractivity contribution in [2.45, 2.75) is 0 Å². The van der Waals surface area contributed by atoms with Crippen LogP contribution in [0.5, 0.6) is 0 Å². The Hall–Kier alpha value is -5.34. The number of hydrogen-bond acceptors (Lipinski definition) is 2. The van der Waals surface area contributed by atoms with Gasteiger partial charge >= 0.3 is 0 Å². The molecule has 6 rings (SSSR count). The monoisotopic (exact) mass is 512 g/mol. The molecule has 0 unspecified atom stereocenters. The largest absolute Gasteiger partial charge is 0.248 e. The number of aliphatic imine (C=N–C) groups is 2. The normalized spacial score (nSPS) is 10.5. The summed E-state index contributed by atoms with van der Waals surface area (Å²) < 4.78 is 0. The molecular formula is C38H28N2. The first-order valence-corrected chi connectivity index (χ1v) is 13.4. The SMILES string of the molecule is c1ccc(C(=Nc2ccc(-c3ccc(N=C(c4ccccc4)c4ccccc4)cc3)cc2)c2ccccc2)cc1. The summed E-state index contributed by atoms with van der Waals surface area (Å²) in [4.78, 5) is 10.1. The minimum Gasteiger partial charge on any atom is -0.248 e. The van der Waals surface area contributed by atoms with Crippen molar-refractivity contribution in [3.63, 3.8) is 0 Å². The molecule has 0 heterocycles. The fourth-order valence-electron chi connectivity index (χ4n) is 4.69. The third-order valence-electron chi connectivity index (χ3n) is 6.74. The predicted molar refractivity (Wildman–Crippen MR) is 168 cm³/mol. The molecule has 6 aromatic rings. The van der Waals surface area contributed by atoms with Crippen molar-refractivity contribution < 1.29 is 0 Å². The van der Waals surface area contributed by atoms with Crippen LogP contribution in [0.15, 0.2) is 180 Å². The van der Waals surface area contributed by atoms with Gasteiger partial charge < -0.3 is 0 Å². The third kappa shape index (κ3) is 5.87. The van der Waals surface area contributed by atoms with E-state index in [4.69, 9.17) is 9.98 Å². The molecule has 0 saturated carbocycles. The van der Waals surface area contributed by atoms with E-state index in [1.54, 1.807) is 0 Å². The van der Waals surface area contributed by atoms with Crippen molar-refractivity contribution in [1.82, 2.24) is 0 Å². The van der Waals surface area contributed by atoms with Crippen LogP contribution in [0.3, 0.4) is 0 Å². The van der Waals surface area contributed by atoms with Crippen molar-refractivity contribution in [2.24, 2.45) is 9.98 Å². The Morgan fingerprint density at radius 1 is 0.275 bits per heavy atom. The molecule has 40 heavy (non-hydrogen) atoms. The number of rotatable bonds is 7. The molecule has 6 aromatic carbocycles. The lowest BCUT2D eigenvalue weighted by molar-refractivity contribution is 1.46. The van der Waals surface area contributed by atoms with Gasteiger partial charge in [0, 0.05) is 22.3 Å². The van der Waals surface area contributed by atoms with Gasteiger partial charge in [0.05, 0.1) is 22.8 Å². The Kier molecular flexibility index (Phi) is 7.50. The van der Waals surface area contributed by atoms with E-state index >= 15 is 0 Å². The topological polar surface area (TPSA) is 24.7 Å². The van der Waals surface area contributed by atoms with Gasteiger partial charge in [0.2, 0.25) is 0 Å². The average molecular weight is 513 g/mol. The van der Waals surface area contributed by atoms with E-state index in [9.17, 15) is 0 Å². The Morgan fingerprint density at radius 3 is 0.775 bits per heavy atom. The molecule has 0 aliphatic carbocycles. The van der Waals surface area contributed by atoms with Gasteiger partial charge in [-0.2, -0.15) is 0 Å². The standard InChI is InChI=1S/C38H28N2/c1-5-13-31(14-6-1)37(32-15-7-2-8-16-32)39-35-25-21-29(22-26-35)30-23-27-36(28-24-30)40-38(33-17-9-3-10-18-33)34-19-11-4-12-20-34/h1-28H. The Bertz CT molecular complexity index is 1500. The van der Waals surface area contributed by atoms with Crippen LogP contribution in [0.2, 0.25) is 0 Å². The van der Waals surface area contributed by atoms with Crippen LogP contribution in [-0.4, -0.2) is 11.4 Å². The molecule has 0 aliphatic heterocycles. The first kappa shape index (κ1) is 25.0. The van der Waals surface area contributed by atoms with Crippen LogP contribution in [-0.2, 0) is 0 Å². The molecule has 0 aliphatic rings. The summed E-state index contributed by atoms with van der Waals surface area (Å²) in [5.74, 6) is 0. The summed E-state index contributed by atoms with van der Waals surface area (Å²) in [5, 5.41) is 0. The maximum atomic E-state index is 5.04. The highest BCUT2D eigenvalue weighted by atomic mass is 14.8. The smallest absolute Gasteiger partial charge is 0.0781 e. The van der Waals surface area contributed by atoms with Crippen molar-refractivity contribution >= 4 is 22.8 Å². The van der Waals surface area contributed by atoms with Crippen LogP contribution < -0.4 is 0 Å². The van der Waals surface area contributed by atoms with Gasteiger partial charge in [0.1, 0.15) is 0 Å². The van der Waals surface area contributed by atoms with E-state index in [0.29, 0.717) is 0 Å². The van der Waals surface area contributed by atoms with Gasteiger partial charge in [-0.05, 0) is 35.4 Å². The predicted octanol–water partition coefficient (Wildman–Crippen LogP) is 9.69. The summed E-state index contributed by atoms with van der Waals surface area (Å²) in [6.07, 6.45) is 0. The molecule has 0 atom stereocenters. The third-order valence-corrected chi connectivity index (χ3v) is 6.74. The molecule has 0 aromatic heterocycles. The maximum absolute atomic E-state index is 5.04. The molecular weight excluding hydrogens is 484 g/mol. The van der Waals surface area contributed by atoms with Gasteiger partial charge in [-0.1, -0.05) is 146 Å². The molecule has 2 heteroatoms. The molecule has 0 amide bonds. The highest BCUT2D eigenvalue weighted by Crippen LogP contribution is 2.27. The Labute approximate surface area is 235 Å². The van der Waals surface area contributed by atoms with E-state index in [-0.39, 0.29) is 0 Å². The van der Waals surface area contributed by atoms with Crippen LogP contribution in [0, 0.1) is 0 Å². The molecule has 0 fully saturated rings. The average Bonchev–Trinajstić information content (AvgIpc) is 3.05. The molecule has 2 nitrogen and oxygen atoms in total. The zero-order valence-corrected chi connectivity index (χ0v) is 22.1. The van der Waals surface area contributed by atoms with E-state index in [1.807, 2.05) is 72.8 Å². The molecule has 0 saturated heterocycles. The van der Waals surface area contributed by atoms with E-state index in [0.717, 1.165) is 56.2 Å². The molecule has 0 spiro atoms. The fraction of sp³-hybridized carbons (Fsp3) is 0. The van der Waals surface area contributed by atoms with Gasteiger partial charge in [-0.15, -0.1) is 0 Å². The Balaban J connectivity index is 1.28. The lowest BCUT2D eigenvalue weighted by Gasteiger charge is -2.09. The first-order valence-electron chi connectivity index (χ1n) is 13.4. The Morgan fingerprint density at radius 2 is 0.525 bits per heavy atom. The van der Waals surface area contributed by atoms with Crippen molar-refractivity contribution in [2.75, 3.05) is 0 Å². The highest BCUT2D eigenvalue weighted by molar-refractivity contribution is 6.14. The zero-order valence-electron chi connectivity index (χ0n) is 22.1. The summed E-state index contributed by atoms with van der Waals surface area (Å²) in [6.45, 7) is 0. The molecule has 0 N–H and O–H groups in total. The van der Waals surface area contributed by atoms with Crippen LogP contribution >= 0.6 is 0 Å². The second kappa shape index (κ2) is 12.0. The van der Waals surface area contributed by atoms with Crippen LogP contribution in [0.1, 0.15) is 22.3 Å². The minimum atomic E-state index is 0.919. The second-order valence-electron chi connectivity index (χ2n) is 9.48. The highest BCUT2D eigenvalue weighted by Gasteiger charge is 2.09. The van der Waals surface area contributed by atoms with Crippen molar-refractivity contribution in [3.8, 4) is 11.1 Å². The van der Waals surface area contributed by atoms with E-state index in [1.165, 1.54) is 0 Å². The lowest BCUT2D eigenvalue weighted by Crippen LogP contribution is -2.02. The lowest BCUT2D eigenvalue weighted by atomic mass is 10.0. The molecule has 190 valence electrons. The van der Waals surface area contributed by atoms with Crippen LogP contribution in [0.4, 0.5) is 11.4 Å². The van der Waals surface area contributed by atoms with Gasteiger partial charge in [0.25, 0.3) is 0 Å². The molecule has 0 radical (unpaired) electrons. The quantitative estimate of drug-likeness (QED) is 0.190. The van der Waals surface area contributed by atoms with Gasteiger partial charge in [-0.3, -0.25) is 0 Å². The fourth-order valence-corrected chi connectivity index (χ4v) is 4.69. The second-order valence-corrected chi connectivity index (χ2v) is 9.48. The van der Waals surface area contributed by atoms with Gasteiger partial charge in [0.15, 0.2) is 0 Å². The minimum absolute atomic E-state index is 0.919. The zero-order chi connectivity index (χ0) is 27.0. The maximum Gasteiger partial charge on any atom is 0.0781 e.